The maximum absolute atomic E-state index is 12.1. The molecule has 2 heterocycles. The van der Waals surface area contributed by atoms with E-state index in [0.29, 0.717) is 0 Å². The second-order valence-corrected chi connectivity index (χ2v) is 6.89. The highest BCUT2D eigenvalue weighted by Crippen LogP contribution is 2.17. The molecule has 1 unspecified atom stereocenters. The summed E-state index contributed by atoms with van der Waals surface area (Å²) in [5.41, 5.74) is -0.0918. The summed E-state index contributed by atoms with van der Waals surface area (Å²) in [4.78, 5) is 15.4. The predicted octanol–water partition coefficient (Wildman–Crippen LogP) is 0.735. The normalized spacial score (nSPS) is 13.0. The van der Waals surface area contributed by atoms with Crippen LogP contribution in [-0.2, 0) is 14.8 Å². The lowest BCUT2D eigenvalue weighted by Crippen LogP contribution is -2.28. The Bertz CT molecular complexity index is 708. The van der Waals surface area contributed by atoms with Gasteiger partial charge in [0.15, 0.2) is 10.7 Å². The van der Waals surface area contributed by atoms with E-state index in [9.17, 15) is 13.2 Å². The second kappa shape index (κ2) is 6.33. The van der Waals surface area contributed by atoms with Crippen LogP contribution < -0.4 is 4.72 Å². The van der Waals surface area contributed by atoms with Crippen molar-refractivity contribution in [1.82, 2.24) is 19.9 Å². The first-order valence-electron chi connectivity index (χ1n) is 5.97. The Balaban J connectivity index is 2.05. The number of ether oxygens (including phenoxy) is 1. The van der Waals surface area contributed by atoms with Crippen LogP contribution >= 0.6 is 11.3 Å². The first kappa shape index (κ1) is 15.6. The van der Waals surface area contributed by atoms with Crippen molar-refractivity contribution in [2.45, 2.75) is 17.9 Å². The van der Waals surface area contributed by atoms with E-state index < -0.39 is 16.0 Å². The molecule has 114 valence electrons. The van der Waals surface area contributed by atoms with Crippen LogP contribution in [0.5, 0.6) is 0 Å². The van der Waals surface area contributed by atoms with Gasteiger partial charge in [0.25, 0.3) is 10.0 Å². The van der Waals surface area contributed by atoms with Crippen LogP contribution in [0, 0.1) is 0 Å². The smallest absolute Gasteiger partial charge is 0.358 e. The number of H-pyrrole nitrogens is 1. The third kappa shape index (κ3) is 3.65. The van der Waals surface area contributed by atoms with Gasteiger partial charge in [-0.3, -0.25) is 5.10 Å². The number of carbonyl (C=O) groups excluding carboxylic acids is 1. The van der Waals surface area contributed by atoms with Crippen LogP contribution in [0.3, 0.4) is 0 Å². The molecule has 2 aromatic rings. The standard InChI is InChI=1S/C11H14N4O4S2/c1-7(10-12-3-4-20-10)6-13-21(17,18)9-5-8(14-15-9)11(16)19-2/h3-5,7,13H,6H2,1-2H3,(H,14,15). The summed E-state index contributed by atoms with van der Waals surface area (Å²) in [6.45, 7) is 2.07. The highest BCUT2D eigenvalue weighted by atomic mass is 32.2. The van der Waals surface area contributed by atoms with E-state index in [1.807, 2.05) is 12.3 Å². The summed E-state index contributed by atoms with van der Waals surface area (Å²) in [6.07, 6.45) is 1.67. The van der Waals surface area contributed by atoms with E-state index in [1.54, 1.807) is 6.20 Å². The second-order valence-electron chi connectivity index (χ2n) is 4.23. The molecule has 0 aliphatic carbocycles. The number of carbonyl (C=O) groups is 1. The number of nitrogens with one attached hydrogen (secondary N) is 2. The minimum Gasteiger partial charge on any atom is -0.464 e. The van der Waals surface area contributed by atoms with Crippen molar-refractivity contribution in [1.29, 1.82) is 0 Å². The van der Waals surface area contributed by atoms with Gasteiger partial charge in [-0.2, -0.15) is 5.10 Å². The van der Waals surface area contributed by atoms with E-state index in [2.05, 4.69) is 24.6 Å². The average Bonchev–Trinajstić information content (AvgIpc) is 3.14. The van der Waals surface area contributed by atoms with Crippen molar-refractivity contribution in [2.24, 2.45) is 0 Å². The number of nitrogens with zero attached hydrogens (tertiary/aromatic N) is 2. The van der Waals surface area contributed by atoms with Crippen molar-refractivity contribution in [3.05, 3.63) is 28.3 Å². The summed E-state index contributed by atoms with van der Waals surface area (Å²) in [5.74, 6) is -0.758. The third-order valence-corrected chi connectivity index (χ3v) is 5.03. The molecule has 0 saturated carbocycles. The minimum atomic E-state index is -3.77. The monoisotopic (exact) mass is 330 g/mol. The van der Waals surface area contributed by atoms with Gasteiger partial charge in [0, 0.05) is 30.1 Å². The molecule has 21 heavy (non-hydrogen) atoms. The summed E-state index contributed by atoms with van der Waals surface area (Å²) in [7, 11) is -2.57. The number of methoxy groups -OCH3 is 1. The molecule has 0 aliphatic rings. The van der Waals surface area contributed by atoms with Gasteiger partial charge >= 0.3 is 5.97 Å². The van der Waals surface area contributed by atoms with Crippen LogP contribution in [-0.4, -0.2) is 43.2 Å². The van der Waals surface area contributed by atoms with E-state index >= 15 is 0 Å². The van der Waals surface area contributed by atoms with Gasteiger partial charge < -0.3 is 4.74 Å². The van der Waals surface area contributed by atoms with E-state index in [1.165, 1.54) is 18.4 Å². The molecular formula is C11H14N4O4S2. The molecular weight excluding hydrogens is 316 g/mol. The Morgan fingerprint density at radius 1 is 1.57 bits per heavy atom. The number of aromatic amines is 1. The lowest BCUT2D eigenvalue weighted by atomic mass is 10.2. The molecule has 0 saturated heterocycles. The van der Waals surface area contributed by atoms with Gasteiger partial charge in [-0.1, -0.05) is 6.92 Å². The highest BCUT2D eigenvalue weighted by Gasteiger charge is 2.21. The van der Waals surface area contributed by atoms with Gasteiger partial charge in [-0.15, -0.1) is 11.3 Å². The average molecular weight is 330 g/mol. The zero-order chi connectivity index (χ0) is 15.5. The van der Waals surface area contributed by atoms with Crippen molar-refractivity contribution in [3.63, 3.8) is 0 Å². The number of aromatic nitrogens is 3. The Labute approximate surface area is 125 Å². The quantitative estimate of drug-likeness (QED) is 0.755. The largest absolute Gasteiger partial charge is 0.464 e. The Kier molecular flexibility index (Phi) is 4.70. The first-order chi connectivity index (χ1) is 9.94. The predicted molar refractivity (Wildman–Crippen MR) is 75.6 cm³/mol. The number of esters is 1. The van der Waals surface area contributed by atoms with E-state index in [-0.39, 0.29) is 23.2 Å². The summed E-state index contributed by atoms with van der Waals surface area (Å²) < 4.78 is 31.1. The zero-order valence-corrected chi connectivity index (χ0v) is 13.0. The lowest BCUT2D eigenvalue weighted by Gasteiger charge is -2.09. The molecule has 0 aliphatic heterocycles. The van der Waals surface area contributed by atoms with Crippen LogP contribution in [0.15, 0.2) is 22.7 Å². The summed E-state index contributed by atoms with van der Waals surface area (Å²) in [5, 5.41) is 8.40. The molecule has 0 amide bonds. The van der Waals surface area contributed by atoms with E-state index in [0.717, 1.165) is 11.1 Å². The Morgan fingerprint density at radius 3 is 2.95 bits per heavy atom. The molecule has 0 spiro atoms. The first-order valence-corrected chi connectivity index (χ1v) is 8.33. The molecule has 0 bridgehead atoms. The molecule has 0 radical (unpaired) electrons. The van der Waals surface area contributed by atoms with Gasteiger partial charge in [0.1, 0.15) is 0 Å². The van der Waals surface area contributed by atoms with Crippen molar-refractivity contribution in [3.8, 4) is 0 Å². The molecule has 2 aromatic heterocycles. The van der Waals surface area contributed by atoms with Crippen LogP contribution in [0.2, 0.25) is 0 Å². The minimum absolute atomic E-state index is 0.0530. The van der Waals surface area contributed by atoms with E-state index in [4.69, 9.17) is 0 Å². The highest BCUT2D eigenvalue weighted by molar-refractivity contribution is 7.89. The number of rotatable bonds is 6. The van der Waals surface area contributed by atoms with Gasteiger partial charge in [0.05, 0.1) is 12.1 Å². The van der Waals surface area contributed by atoms with Crippen molar-refractivity contribution >= 4 is 27.3 Å². The fourth-order valence-corrected chi connectivity index (χ4v) is 3.28. The molecule has 8 nitrogen and oxygen atoms in total. The number of thiazole rings is 1. The number of hydrogen-bond acceptors (Lipinski definition) is 7. The zero-order valence-electron chi connectivity index (χ0n) is 11.4. The molecule has 1 atom stereocenters. The molecule has 10 heteroatoms. The molecule has 0 fully saturated rings. The fourth-order valence-electron chi connectivity index (χ4n) is 1.53. The summed E-state index contributed by atoms with van der Waals surface area (Å²) >= 11 is 1.46. The summed E-state index contributed by atoms with van der Waals surface area (Å²) in [6, 6.07) is 1.13. The van der Waals surface area contributed by atoms with Gasteiger partial charge in [-0.05, 0) is 0 Å². The Morgan fingerprint density at radius 2 is 2.33 bits per heavy atom. The van der Waals surface area contributed by atoms with Gasteiger partial charge in [0.2, 0.25) is 0 Å². The third-order valence-electron chi connectivity index (χ3n) is 2.69. The topological polar surface area (TPSA) is 114 Å². The molecule has 0 aromatic carbocycles. The lowest BCUT2D eigenvalue weighted by molar-refractivity contribution is 0.0594. The van der Waals surface area contributed by atoms with Crippen molar-refractivity contribution < 1.29 is 17.9 Å². The van der Waals surface area contributed by atoms with Crippen LogP contribution in [0.25, 0.3) is 0 Å². The van der Waals surface area contributed by atoms with Crippen molar-refractivity contribution in [2.75, 3.05) is 13.7 Å². The Hall–Kier alpha value is -1.78. The number of hydrogen-bond donors (Lipinski definition) is 2. The van der Waals surface area contributed by atoms with Crippen LogP contribution in [0.4, 0.5) is 0 Å². The van der Waals surface area contributed by atoms with Crippen LogP contribution in [0.1, 0.15) is 28.3 Å². The SMILES string of the molecule is COC(=O)c1cc(S(=O)(=O)NCC(C)c2nccs2)[nH]n1. The maximum atomic E-state index is 12.1. The maximum Gasteiger partial charge on any atom is 0.358 e. The molecule has 2 N–H and O–H groups in total. The fraction of sp³-hybridized carbons (Fsp3) is 0.364. The molecule has 2 rings (SSSR count). The van der Waals surface area contributed by atoms with Gasteiger partial charge in [-0.25, -0.2) is 22.9 Å². The number of sulfonamides is 1.